The van der Waals surface area contributed by atoms with Crippen molar-refractivity contribution >= 4 is 69.3 Å². The van der Waals surface area contributed by atoms with E-state index in [0.29, 0.717) is 16.9 Å². The number of halogens is 3. The standard InChI is InChI=1S/C15H16IN3O2.C10H16N2O2.C5H3FIN.CH2O3.CH4.2Cs.H/c1-15(2)5-3-10-11(8-15)19(18-13(10)14(20)21)12-7-9(16)4-6-17-12;1-10(2)4-3-6-7(5-10)11-12-8(6)9(13)14;6-5-3-4(7)1-2-8-5;2-1-4-3;;;;/h4,6-7H,3,5,8H2,1-2H3,(H,20,21);6-7,11H,3-5H2,1-2H3,(H,13,14);1-3H;1,3H;1H4;;;/q;;;;;2*+1;-1/p-1. The van der Waals surface area contributed by atoms with Crippen LogP contribution < -0.4 is 148 Å². The molecule has 3 N–H and O–H groups in total. The first-order chi connectivity index (χ1) is 22.1. The number of rotatable bonds is 4. The van der Waals surface area contributed by atoms with Gasteiger partial charge in [-0.1, -0.05) is 35.1 Å². The molecule has 264 valence electrons. The molecule has 1 aliphatic heterocycles. The summed E-state index contributed by atoms with van der Waals surface area (Å²) in [5.74, 6) is -1.44. The van der Waals surface area contributed by atoms with E-state index in [-0.39, 0.29) is 176 Å². The molecule has 4 heterocycles. The number of nitrogens with zero attached hydrogens (tertiary/aromatic N) is 5. The molecule has 0 amide bonds. The summed E-state index contributed by atoms with van der Waals surface area (Å²) in [6, 6.07) is 7.18. The van der Waals surface area contributed by atoms with Gasteiger partial charge in [-0.05, 0) is 113 Å². The first-order valence-corrected chi connectivity index (χ1v) is 16.7. The van der Waals surface area contributed by atoms with Crippen molar-refractivity contribution in [1.29, 1.82) is 0 Å². The molecule has 0 saturated heterocycles. The predicted molar refractivity (Wildman–Crippen MR) is 192 cm³/mol. The average molecular weight is 1160 g/mol. The zero-order chi connectivity index (χ0) is 34.9. The molecule has 2 atom stereocenters. The maximum Gasteiger partial charge on any atom is 1.00 e. The third-order valence-electron chi connectivity index (χ3n) is 7.95. The molecule has 3 aromatic rings. The predicted octanol–water partition coefficient (Wildman–Crippen LogP) is -0.673. The largest absolute Gasteiger partial charge is 1.00 e. The van der Waals surface area contributed by atoms with Gasteiger partial charge in [-0.25, -0.2) is 24.2 Å². The van der Waals surface area contributed by atoms with Gasteiger partial charge in [0.15, 0.2) is 11.5 Å². The maximum absolute atomic E-state index is 12.1. The summed E-state index contributed by atoms with van der Waals surface area (Å²) in [7, 11) is 0. The fraction of sp³-hybridized carbons (Fsp3) is 0.469. The second-order valence-corrected chi connectivity index (χ2v) is 15.2. The maximum atomic E-state index is 12.1. The van der Waals surface area contributed by atoms with Crippen molar-refractivity contribution in [1.82, 2.24) is 25.2 Å². The molecule has 1 fully saturated rings. The van der Waals surface area contributed by atoms with Gasteiger partial charge in [0.2, 0.25) is 5.95 Å². The molecule has 0 radical (unpaired) electrons. The van der Waals surface area contributed by atoms with E-state index in [9.17, 15) is 19.1 Å². The molecule has 0 bridgehead atoms. The van der Waals surface area contributed by atoms with E-state index < -0.39 is 17.9 Å². The van der Waals surface area contributed by atoms with Gasteiger partial charge in [0.25, 0.3) is 6.47 Å². The number of hydrogen-bond donors (Lipinski definition) is 3. The smallest absolute Gasteiger partial charge is 1.00 e. The molecule has 50 heavy (non-hydrogen) atoms. The number of carboxylic acid groups (broad SMARTS) is 2. The van der Waals surface area contributed by atoms with Crippen molar-refractivity contribution < 1.29 is 178 Å². The Hall–Kier alpha value is 0.844. The Bertz CT molecular complexity index is 1620. The molecule has 6 rings (SSSR count). The third-order valence-corrected chi connectivity index (χ3v) is 9.30. The number of hydrogen-bond acceptors (Lipinski definition) is 10. The summed E-state index contributed by atoms with van der Waals surface area (Å²) in [6.45, 7) is 8.68. The van der Waals surface area contributed by atoms with Gasteiger partial charge >= 0.3 is 150 Å². The summed E-state index contributed by atoms with van der Waals surface area (Å²) < 4.78 is 15.7. The van der Waals surface area contributed by atoms with Crippen LogP contribution in [0.2, 0.25) is 0 Å². The van der Waals surface area contributed by atoms with E-state index in [1.807, 2.05) is 34.7 Å². The number of aromatic carboxylic acids is 1. The van der Waals surface area contributed by atoms with Gasteiger partial charge in [0.05, 0.1) is 11.7 Å². The van der Waals surface area contributed by atoms with E-state index >= 15 is 0 Å². The minimum absolute atomic E-state index is 0. The molecule has 2 unspecified atom stereocenters. The van der Waals surface area contributed by atoms with E-state index in [1.54, 1.807) is 16.9 Å². The molecule has 3 aromatic heterocycles. The van der Waals surface area contributed by atoms with Crippen molar-refractivity contribution in [2.24, 2.45) is 21.8 Å². The number of carboxylic acids is 2. The monoisotopic (exact) mass is 1160 g/mol. The normalized spacial score (nSPS) is 18.4. The van der Waals surface area contributed by atoms with Crippen LogP contribution in [0.4, 0.5) is 4.39 Å². The number of carbonyl (C=O) groups excluding carboxylic acids is 1. The first-order valence-electron chi connectivity index (χ1n) is 14.6. The zero-order valence-electron chi connectivity index (χ0n) is 29.2. The molecule has 0 aromatic carbocycles. The number of aromatic nitrogens is 4. The van der Waals surface area contributed by atoms with Crippen LogP contribution in [0.25, 0.3) is 5.82 Å². The van der Waals surface area contributed by atoms with E-state index in [4.69, 9.17) is 15.2 Å². The SMILES string of the molecule is C.CC1(C)CCC2C(C(=O)O)=NNC2C1.CC1(C)CCc2c(C(=O)O)nn(-c3cc(I)ccn3)c2C1.Fc1cc(I)ccn1.O=CO[O-].[Cs+].[Cs+].[H-]. The van der Waals surface area contributed by atoms with Crippen molar-refractivity contribution in [3.05, 3.63) is 66.7 Å². The van der Waals surface area contributed by atoms with Gasteiger partial charge in [-0.15, -0.1) is 0 Å². The van der Waals surface area contributed by atoms with Gasteiger partial charge in [0.1, 0.15) is 5.71 Å². The summed E-state index contributed by atoms with van der Waals surface area (Å²) in [5, 5.41) is 35.0. The first kappa shape index (κ1) is 50.8. The Morgan fingerprint density at radius 2 is 1.66 bits per heavy atom. The van der Waals surface area contributed by atoms with E-state index in [1.165, 1.54) is 12.3 Å². The molecular weight excluding hydrogens is 1120 g/mol. The second-order valence-electron chi connectivity index (χ2n) is 12.7. The summed E-state index contributed by atoms with van der Waals surface area (Å²) in [6.07, 6.45) is 8.75. The Labute approximate surface area is 438 Å². The number of nitrogens with one attached hydrogen (secondary N) is 1. The number of carbonyl (C=O) groups is 3. The molecule has 2 aliphatic carbocycles. The van der Waals surface area contributed by atoms with Crippen molar-refractivity contribution in [3.8, 4) is 5.82 Å². The van der Waals surface area contributed by atoms with Gasteiger partial charge < -0.3 is 27.2 Å². The summed E-state index contributed by atoms with van der Waals surface area (Å²) in [4.78, 5) is 41.3. The minimum Gasteiger partial charge on any atom is -1.00 e. The Kier molecular flexibility index (Phi) is 24.1. The Balaban J connectivity index is 0. The third kappa shape index (κ3) is 15.5. The molecule has 3 aliphatic rings. The quantitative estimate of drug-likeness (QED) is 0.0988. The molecule has 0 spiro atoms. The summed E-state index contributed by atoms with van der Waals surface area (Å²) >= 11 is 4.24. The van der Waals surface area contributed by atoms with Crippen LogP contribution in [0.1, 0.15) is 84.0 Å². The molecular formula is C32H41Cs2FI2N6O7. The van der Waals surface area contributed by atoms with E-state index in [2.05, 4.69) is 80.8 Å². The zero-order valence-corrected chi connectivity index (χ0v) is 45.1. The van der Waals surface area contributed by atoms with Crippen LogP contribution >= 0.6 is 45.2 Å². The van der Waals surface area contributed by atoms with Gasteiger partial charge in [-0.3, -0.25) is 4.79 Å². The fourth-order valence-electron chi connectivity index (χ4n) is 5.68. The summed E-state index contributed by atoms with van der Waals surface area (Å²) in [5.41, 5.74) is 5.77. The van der Waals surface area contributed by atoms with Crippen LogP contribution in [0.5, 0.6) is 0 Å². The van der Waals surface area contributed by atoms with Crippen LogP contribution in [0.15, 0.2) is 41.8 Å². The van der Waals surface area contributed by atoms with Crippen LogP contribution in [0, 0.1) is 29.8 Å². The average Bonchev–Trinajstić information content (AvgIpc) is 3.58. The van der Waals surface area contributed by atoms with Crippen LogP contribution in [-0.2, 0) is 27.3 Å². The van der Waals surface area contributed by atoms with Crippen molar-refractivity contribution in [2.75, 3.05) is 0 Å². The van der Waals surface area contributed by atoms with Crippen LogP contribution in [-0.4, -0.2) is 60.1 Å². The van der Waals surface area contributed by atoms with Gasteiger partial charge in [0, 0.05) is 37.1 Å². The number of fused-ring (bicyclic) bond motifs is 2. The number of hydrazone groups is 1. The Morgan fingerprint density at radius 3 is 2.16 bits per heavy atom. The minimum atomic E-state index is -0.963. The van der Waals surface area contributed by atoms with E-state index in [0.717, 1.165) is 56.9 Å². The number of pyridine rings is 2. The van der Waals surface area contributed by atoms with Crippen molar-refractivity contribution in [2.45, 2.75) is 79.7 Å². The molecule has 18 heteroatoms. The molecule has 13 nitrogen and oxygen atoms in total. The van der Waals surface area contributed by atoms with Crippen molar-refractivity contribution in [3.63, 3.8) is 0 Å². The second kappa shape index (κ2) is 23.7. The number of aliphatic carboxylic acids is 1. The fourth-order valence-corrected chi connectivity index (χ4v) is 6.53. The van der Waals surface area contributed by atoms with Crippen LogP contribution in [0.3, 0.4) is 0 Å². The topological polar surface area (TPSA) is 192 Å². The molecule has 1 saturated carbocycles. The van der Waals surface area contributed by atoms with Gasteiger partial charge in [-0.2, -0.15) is 14.6 Å². The Morgan fingerprint density at radius 1 is 1.06 bits per heavy atom.